The second-order valence-electron chi connectivity index (χ2n) is 7.57. The van der Waals surface area contributed by atoms with Crippen molar-refractivity contribution < 1.29 is 4.79 Å². The van der Waals surface area contributed by atoms with Crippen LogP contribution in [0.1, 0.15) is 44.0 Å². The van der Waals surface area contributed by atoms with Crippen molar-refractivity contribution in [1.29, 1.82) is 0 Å². The number of carbonyl (C=O) groups is 1. The van der Waals surface area contributed by atoms with E-state index in [9.17, 15) is 4.79 Å². The second-order valence-corrected chi connectivity index (χ2v) is 7.57. The van der Waals surface area contributed by atoms with E-state index in [1.54, 1.807) is 6.20 Å². The Kier molecular flexibility index (Phi) is 4.38. The number of aromatic nitrogens is 4. The molecule has 4 aromatic rings. The van der Waals surface area contributed by atoms with Gasteiger partial charge >= 0.3 is 0 Å². The first kappa shape index (κ1) is 18.2. The van der Waals surface area contributed by atoms with E-state index < -0.39 is 0 Å². The number of H-pyrrole nitrogens is 2. The molecule has 0 saturated carbocycles. The van der Waals surface area contributed by atoms with Gasteiger partial charge in [0, 0.05) is 40.5 Å². The molecule has 5 heteroatoms. The first-order valence-electron chi connectivity index (χ1n) is 9.44. The minimum atomic E-state index is 0.00348. The molecule has 0 aliphatic carbocycles. The number of nitrogens with one attached hydrogen (secondary N) is 2. The Morgan fingerprint density at radius 3 is 2.50 bits per heavy atom. The average molecular weight is 372 g/mol. The summed E-state index contributed by atoms with van der Waals surface area (Å²) in [4.78, 5) is 20.6. The molecule has 0 aliphatic rings. The van der Waals surface area contributed by atoms with Crippen LogP contribution in [-0.4, -0.2) is 25.9 Å². The molecule has 3 aromatic heterocycles. The van der Waals surface area contributed by atoms with E-state index in [4.69, 9.17) is 0 Å². The third-order valence-electron chi connectivity index (χ3n) is 5.76. The number of hydrogen-bond donors (Lipinski definition) is 2. The van der Waals surface area contributed by atoms with Crippen molar-refractivity contribution in [2.45, 2.75) is 41.0 Å². The summed E-state index contributed by atoms with van der Waals surface area (Å²) in [6, 6.07) is 8.44. The van der Waals surface area contributed by atoms with E-state index in [-0.39, 0.29) is 12.2 Å². The quantitative estimate of drug-likeness (QED) is 0.499. The van der Waals surface area contributed by atoms with Gasteiger partial charge in [0.15, 0.2) is 5.78 Å². The van der Waals surface area contributed by atoms with Crippen molar-refractivity contribution in [2.75, 3.05) is 0 Å². The standard InChI is InChI=1S/C23H24N4O/c1-12-6-7-19(14(3)13(12)2)20-10-18-8-17(11-24-23(18)25-20)9-21(28)22-15(4)16(5)26-27-22/h6-8,10-11H,9H2,1-5H3,(H,24,25)(H,26,27). The Morgan fingerprint density at radius 1 is 1.00 bits per heavy atom. The van der Waals surface area contributed by atoms with Crippen LogP contribution < -0.4 is 0 Å². The highest BCUT2D eigenvalue weighted by molar-refractivity contribution is 5.97. The molecular weight excluding hydrogens is 348 g/mol. The monoisotopic (exact) mass is 372 g/mol. The van der Waals surface area contributed by atoms with E-state index in [2.05, 4.69) is 59.1 Å². The first-order valence-corrected chi connectivity index (χ1v) is 9.44. The fourth-order valence-corrected chi connectivity index (χ4v) is 3.58. The van der Waals surface area contributed by atoms with Gasteiger partial charge in [-0.05, 0) is 69.0 Å². The number of hydrogen-bond acceptors (Lipinski definition) is 3. The molecule has 0 fully saturated rings. The van der Waals surface area contributed by atoms with E-state index in [0.29, 0.717) is 5.69 Å². The number of aromatic amines is 2. The number of nitrogens with zero attached hydrogens (tertiary/aromatic N) is 2. The van der Waals surface area contributed by atoms with Gasteiger partial charge in [-0.25, -0.2) is 4.98 Å². The Balaban J connectivity index is 1.66. The molecule has 0 spiro atoms. The molecule has 0 bridgehead atoms. The molecule has 0 unspecified atom stereocenters. The zero-order chi connectivity index (χ0) is 20.0. The third-order valence-corrected chi connectivity index (χ3v) is 5.76. The lowest BCUT2D eigenvalue weighted by Crippen LogP contribution is -2.06. The summed E-state index contributed by atoms with van der Waals surface area (Å²) in [6.07, 6.45) is 2.06. The van der Waals surface area contributed by atoms with Crippen molar-refractivity contribution in [3.05, 3.63) is 69.7 Å². The SMILES string of the molecule is Cc1ccc(-c2cc3cc(CC(=O)c4n[nH]c(C)c4C)cnc3[nH]2)c(C)c1C. The predicted octanol–water partition coefficient (Wildman–Crippen LogP) is 4.92. The number of fused-ring (bicyclic) bond motifs is 1. The lowest BCUT2D eigenvalue weighted by atomic mass is 9.97. The maximum absolute atomic E-state index is 12.6. The van der Waals surface area contributed by atoms with Gasteiger partial charge in [-0.3, -0.25) is 9.89 Å². The van der Waals surface area contributed by atoms with E-state index in [1.165, 1.54) is 22.3 Å². The first-order chi connectivity index (χ1) is 13.3. The topological polar surface area (TPSA) is 74.4 Å². The zero-order valence-corrected chi connectivity index (χ0v) is 16.9. The van der Waals surface area contributed by atoms with Crippen LogP contribution in [-0.2, 0) is 6.42 Å². The summed E-state index contributed by atoms with van der Waals surface area (Å²) >= 11 is 0. The van der Waals surface area contributed by atoms with Crippen molar-refractivity contribution >= 4 is 16.8 Å². The van der Waals surface area contributed by atoms with Crippen molar-refractivity contribution in [1.82, 2.24) is 20.2 Å². The van der Waals surface area contributed by atoms with Gasteiger partial charge in [0.1, 0.15) is 11.3 Å². The largest absolute Gasteiger partial charge is 0.339 e. The Labute approximate surface area is 164 Å². The van der Waals surface area contributed by atoms with Gasteiger partial charge in [-0.2, -0.15) is 5.10 Å². The van der Waals surface area contributed by atoms with Crippen LogP contribution in [0.25, 0.3) is 22.3 Å². The smallest absolute Gasteiger partial charge is 0.187 e. The van der Waals surface area contributed by atoms with Crippen LogP contribution in [0.2, 0.25) is 0 Å². The molecule has 5 nitrogen and oxygen atoms in total. The van der Waals surface area contributed by atoms with Gasteiger partial charge in [0.2, 0.25) is 0 Å². The van der Waals surface area contributed by atoms with Gasteiger partial charge in [-0.15, -0.1) is 0 Å². The average Bonchev–Trinajstić information content (AvgIpc) is 3.23. The Hall–Kier alpha value is -3.21. The van der Waals surface area contributed by atoms with Gasteiger partial charge < -0.3 is 4.98 Å². The summed E-state index contributed by atoms with van der Waals surface area (Å²) in [5.41, 5.74) is 10.2. The van der Waals surface area contributed by atoms with Crippen molar-refractivity contribution in [2.24, 2.45) is 0 Å². The summed E-state index contributed by atoms with van der Waals surface area (Å²) in [5.74, 6) is 0.00348. The molecule has 0 amide bonds. The molecule has 142 valence electrons. The summed E-state index contributed by atoms with van der Waals surface area (Å²) in [7, 11) is 0. The third kappa shape index (κ3) is 3.03. The number of Topliss-reactive ketones (excluding diaryl/α,β-unsaturated/α-hetero) is 1. The number of aryl methyl sites for hydroxylation is 2. The van der Waals surface area contributed by atoms with Crippen LogP contribution in [0.4, 0.5) is 0 Å². The maximum Gasteiger partial charge on any atom is 0.187 e. The number of pyridine rings is 1. The maximum atomic E-state index is 12.6. The molecule has 3 heterocycles. The molecule has 0 saturated heterocycles. The van der Waals surface area contributed by atoms with Crippen LogP contribution in [0.15, 0.2) is 30.5 Å². The molecule has 1 aromatic carbocycles. The fourth-order valence-electron chi connectivity index (χ4n) is 3.58. The lowest BCUT2D eigenvalue weighted by Gasteiger charge is -2.09. The molecular formula is C23H24N4O. The number of ketones is 1. The van der Waals surface area contributed by atoms with Gasteiger partial charge in [0.25, 0.3) is 0 Å². The summed E-state index contributed by atoms with van der Waals surface area (Å²) < 4.78 is 0. The molecule has 4 rings (SSSR count). The van der Waals surface area contributed by atoms with E-state index in [1.807, 2.05) is 19.9 Å². The fraction of sp³-hybridized carbons (Fsp3) is 0.261. The molecule has 2 N–H and O–H groups in total. The highest BCUT2D eigenvalue weighted by Gasteiger charge is 2.16. The summed E-state index contributed by atoms with van der Waals surface area (Å²) in [6.45, 7) is 10.3. The normalized spacial score (nSPS) is 11.3. The minimum Gasteiger partial charge on any atom is -0.339 e. The van der Waals surface area contributed by atoms with Crippen LogP contribution in [0, 0.1) is 34.6 Å². The minimum absolute atomic E-state index is 0.00348. The van der Waals surface area contributed by atoms with Crippen LogP contribution in [0.5, 0.6) is 0 Å². The van der Waals surface area contributed by atoms with E-state index in [0.717, 1.165) is 33.5 Å². The predicted molar refractivity (Wildman–Crippen MR) is 112 cm³/mol. The highest BCUT2D eigenvalue weighted by Crippen LogP contribution is 2.29. The molecule has 0 radical (unpaired) electrons. The number of carbonyl (C=O) groups excluding carboxylic acids is 1. The molecule has 28 heavy (non-hydrogen) atoms. The van der Waals surface area contributed by atoms with E-state index >= 15 is 0 Å². The second kappa shape index (κ2) is 6.75. The highest BCUT2D eigenvalue weighted by atomic mass is 16.1. The Morgan fingerprint density at radius 2 is 1.79 bits per heavy atom. The lowest BCUT2D eigenvalue weighted by molar-refractivity contribution is 0.0987. The summed E-state index contributed by atoms with van der Waals surface area (Å²) in [5, 5.41) is 8.03. The molecule has 0 aliphatic heterocycles. The van der Waals surface area contributed by atoms with Crippen molar-refractivity contribution in [3.63, 3.8) is 0 Å². The van der Waals surface area contributed by atoms with Crippen molar-refractivity contribution in [3.8, 4) is 11.3 Å². The van der Waals surface area contributed by atoms with Crippen LogP contribution >= 0.6 is 0 Å². The number of rotatable bonds is 4. The Bertz CT molecular complexity index is 1210. The van der Waals surface area contributed by atoms with Gasteiger partial charge in [0.05, 0.1) is 0 Å². The zero-order valence-electron chi connectivity index (χ0n) is 16.9. The van der Waals surface area contributed by atoms with Crippen LogP contribution in [0.3, 0.4) is 0 Å². The van der Waals surface area contributed by atoms with Gasteiger partial charge in [-0.1, -0.05) is 12.1 Å². The molecule has 0 atom stereocenters. The number of benzene rings is 1.